The van der Waals surface area contributed by atoms with Crippen molar-refractivity contribution in [2.24, 2.45) is 0 Å². The van der Waals surface area contributed by atoms with Gasteiger partial charge in [-0.15, -0.1) is 10.2 Å². The van der Waals surface area contributed by atoms with Crippen molar-refractivity contribution in [1.82, 2.24) is 25.2 Å². The van der Waals surface area contributed by atoms with E-state index in [2.05, 4.69) is 20.4 Å². The van der Waals surface area contributed by atoms with Crippen LogP contribution in [0.1, 0.15) is 21.6 Å². The molecule has 1 N–H and O–H groups in total. The highest BCUT2D eigenvalue weighted by Crippen LogP contribution is 2.31. The molecule has 0 amide bonds. The Morgan fingerprint density at radius 2 is 1.93 bits per heavy atom. The molecule has 4 rings (SSSR count). The first-order chi connectivity index (χ1) is 13.3. The number of aryl methyl sites for hydroxylation is 1. The fraction of sp³-hybridized carbons (Fsp3) is 0.158. The summed E-state index contributed by atoms with van der Waals surface area (Å²) in [6, 6.07) is 12.1. The summed E-state index contributed by atoms with van der Waals surface area (Å²) in [5.41, 5.74) is 1.49. The van der Waals surface area contributed by atoms with E-state index in [9.17, 15) is 18.0 Å². The molecule has 0 radical (unpaired) electrons. The molecule has 0 unspecified atom stereocenters. The van der Waals surface area contributed by atoms with E-state index in [4.69, 9.17) is 0 Å². The van der Waals surface area contributed by atoms with Gasteiger partial charge in [0.2, 0.25) is 5.82 Å². The minimum atomic E-state index is -4.46. The van der Waals surface area contributed by atoms with Crippen LogP contribution in [0.4, 0.5) is 13.2 Å². The number of H-pyrrole nitrogens is 1. The van der Waals surface area contributed by atoms with Crippen LogP contribution in [0.25, 0.3) is 22.3 Å². The fourth-order valence-electron chi connectivity index (χ4n) is 3.10. The Labute approximate surface area is 157 Å². The van der Waals surface area contributed by atoms with Crippen LogP contribution in [0.3, 0.4) is 0 Å². The maximum Gasteiger partial charge on any atom is 0.416 e. The van der Waals surface area contributed by atoms with Gasteiger partial charge in [-0.1, -0.05) is 30.3 Å². The predicted octanol–water partition coefficient (Wildman–Crippen LogP) is 4.03. The van der Waals surface area contributed by atoms with Gasteiger partial charge in [-0.25, -0.2) is 0 Å². The highest BCUT2D eigenvalue weighted by Gasteiger charge is 2.30. The molecule has 0 saturated heterocycles. The second-order valence-electron chi connectivity index (χ2n) is 6.32. The lowest BCUT2D eigenvalue weighted by Gasteiger charge is -2.06. The Morgan fingerprint density at radius 3 is 2.71 bits per heavy atom. The lowest BCUT2D eigenvalue weighted by atomic mass is 10.1. The van der Waals surface area contributed by atoms with Gasteiger partial charge in [-0.2, -0.15) is 18.0 Å². The molecule has 0 spiro atoms. The van der Waals surface area contributed by atoms with Gasteiger partial charge in [0.1, 0.15) is 6.54 Å². The van der Waals surface area contributed by atoms with Crippen molar-refractivity contribution in [2.75, 3.05) is 0 Å². The smallest absolute Gasteiger partial charge is 0.358 e. The number of benzene rings is 2. The number of nitrogens with one attached hydrogen (secondary N) is 1. The summed E-state index contributed by atoms with van der Waals surface area (Å²) in [6.45, 7) is 1.63. The zero-order valence-corrected chi connectivity index (χ0v) is 14.7. The number of halogens is 3. The number of fused-ring (bicyclic) bond motifs is 1. The summed E-state index contributed by atoms with van der Waals surface area (Å²) < 4.78 is 38.6. The van der Waals surface area contributed by atoms with Crippen LogP contribution < -0.4 is 0 Å². The third-order valence-corrected chi connectivity index (χ3v) is 4.36. The van der Waals surface area contributed by atoms with E-state index in [0.29, 0.717) is 5.56 Å². The molecule has 0 aliphatic rings. The molecule has 2 heterocycles. The van der Waals surface area contributed by atoms with Crippen molar-refractivity contribution in [3.8, 4) is 11.4 Å². The van der Waals surface area contributed by atoms with Crippen molar-refractivity contribution in [3.05, 3.63) is 65.4 Å². The van der Waals surface area contributed by atoms with Crippen molar-refractivity contribution >= 4 is 16.7 Å². The van der Waals surface area contributed by atoms with E-state index in [0.717, 1.165) is 33.5 Å². The summed E-state index contributed by atoms with van der Waals surface area (Å²) >= 11 is 0. The molecule has 2 aromatic carbocycles. The molecule has 28 heavy (non-hydrogen) atoms. The topological polar surface area (TPSA) is 76.5 Å². The summed E-state index contributed by atoms with van der Waals surface area (Å²) in [6.07, 6.45) is -4.46. The van der Waals surface area contributed by atoms with E-state index in [-0.39, 0.29) is 23.7 Å². The Bertz CT molecular complexity index is 1180. The minimum Gasteiger partial charge on any atom is -0.358 e. The average molecular weight is 385 g/mol. The van der Waals surface area contributed by atoms with Crippen LogP contribution in [-0.4, -0.2) is 31.0 Å². The molecule has 0 bridgehead atoms. The number of hydrogen-bond acceptors (Lipinski definition) is 4. The van der Waals surface area contributed by atoms with Gasteiger partial charge in [-0.05, 0) is 30.3 Å². The summed E-state index contributed by atoms with van der Waals surface area (Å²) in [5, 5.41) is 12.4. The number of ketones is 1. The molecule has 0 atom stereocenters. The standard InChI is InChI=1S/C19H14F3N5O/c1-11-17(14-7-2-3-8-15(14)23-11)16(28)10-27-25-18(24-26-27)12-5-4-6-13(9-12)19(20,21)22/h2-9,23H,10H2,1H3. The third kappa shape index (κ3) is 3.26. The zero-order chi connectivity index (χ0) is 19.9. The molecular formula is C19H14F3N5O. The summed E-state index contributed by atoms with van der Waals surface area (Å²) in [7, 11) is 0. The molecule has 142 valence electrons. The minimum absolute atomic E-state index is 0.0227. The highest BCUT2D eigenvalue weighted by molar-refractivity contribution is 6.09. The van der Waals surface area contributed by atoms with Crippen molar-refractivity contribution in [2.45, 2.75) is 19.6 Å². The zero-order valence-electron chi connectivity index (χ0n) is 14.7. The van der Waals surface area contributed by atoms with E-state index in [1.54, 1.807) is 6.92 Å². The number of carbonyl (C=O) groups excluding carboxylic acids is 1. The van der Waals surface area contributed by atoms with Crippen molar-refractivity contribution in [3.63, 3.8) is 0 Å². The number of alkyl halides is 3. The molecule has 2 aromatic heterocycles. The number of aromatic nitrogens is 5. The maximum atomic E-state index is 12.9. The molecule has 0 aliphatic heterocycles. The number of Topliss-reactive ketones (excluding diaryl/α,β-unsaturated/α-hetero) is 1. The fourth-order valence-corrected chi connectivity index (χ4v) is 3.10. The largest absolute Gasteiger partial charge is 0.416 e. The number of rotatable bonds is 4. The lowest BCUT2D eigenvalue weighted by Crippen LogP contribution is -2.14. The van der Waals surface area contributed by atoms with Gasteiger partial charge in [0.25, 0.3) is 0 Å². The summed E-state index contributed by atoms with van der Waals surface area (Å²) in [4.78, 5) is 17.0. The van der Waals surface area contributed by atoms with E-state index >= 15 is 0 Å². The predicted molar refractivity (Wildman–Crippen MR) is 95.6 cm³/mol. The number of aromatic amines is 1. The van der Waals surface area contributed by atoms with E-state index in [1.165, 1.54) is 12.1 Å². The molecule has 4 aromatic rings. The molecule has 0 saturated carbocycles. The quantitative estimate of drug-likeness (QED) is 0.538. The number of para-hydroxylation sites is 1. The monoisotopic (exact) mass is 385 g/mol. The third-order valence-electron chi connectivity index (χ3n) is 4.36. The first kappa shape index (κ1) is 17.9. The second-order valence-corrected chi connectivity index (χ2v) is 6.32. The number of hydrogen-bond donors (Lipinski definition) is 1. The van der Waals surface area contributed by atoms with Crippen LogP contribution in [0.15, 0.2) is 48.5 Å². The first-order valence-electron chi connectivity index (χ1n) is 8.39. The Kier molecular flexibility index (Phi) is 4.21. The van der Waals surface area contributed by atoms with Crippen molar-refractivity contribution < 1.29 is 18.0 Å². The molecule has 0 fully saturated rings. The van der Waals surface area contributed by atoms with Gasteiger partial charge < -0.3 is 4.98 Å². The van der Waals surface area contributed by atoms with Gasteiger partial charge in [-0.3, -0.25) is 4.79 Å². The van der Waals surface area contributed by atoms with E-state index < -0.39 is 11.7 Å². The number of nitrogens with zero attached hydrogens (tertiary/aromatic N) is 4. The number of tetrazole rings is 1. The van der Waals surface area contributed by atoms with Crippen LogP contribution >= 0.6 is 0 Å². The van der Waals surface area contributed by atoms with Crippen molar-refractivity contribution in [1.29, 1.82) is 0 Å². The SMILES string of the molecule is Cc1[nH]c2ccccc2c1C(=O)Cn1nnc(-c2cccc(C(F)(F)F)c2)n1. The highest BCUT2D eigenvalue weighted by atomic mass is 19.4. The normalized spacial score (nSPS) is 11.9. The summed E-state index contributed by atoms with van der Waals surface area (Å²) in [5.74, 6) is -0.197. The van der Waals surface area contributed by atoms with Crippen LogP contribution in [0.5, 0.6) is 0 Å². The average Bonchev–Trinajstić information content (AvgIpc) is 3.24. The number of carbonyl (C=O) groups is 1. The molecule has 6 nitrogen and oxygen atoms in total. The molecule has 0 aliphatic carbocycles. The van der Waals surface area contributed by atoms with Crippen LogP contribution in [0.2, 0.25) is 0 Å². The maximum absolute atomic E-state index is 12.9. The van der Waals surface area contributed by atoms with Gasteiger partial charge in [0.05, 0.1) is 5.56 Å². The molecular weight excluding hydrogens is 371 g/mol. The Balaban J connectivity index is 1.60. The molecule has 9 heteroatoms. The Morgan fingerprint density at radius 1 is 1.14 bits per heavy atom. The van der Waals surface area contributed by atoms with Gasteiger partial charge in [0.15, 0.2) is 5.78 Å². The second kappa shape index (κ2) is 6.59. The van der Waals surface area contributed by atoms with E-state index in [1.807, 2.05) is 24.3 Å². The Hall–Kier alpha value is -3.49. The first-order valence-corrected chi connectivity index (χ1v) is 8.39. The van der Waals surface area contributed by atoms with Gasteiger partial charge in [0, 0.05) is 27.7 Å². The van der Waals surface area contributed by atoms with Crippen LogP contribution in [0, 0.1) is 6.92 Å². The van der Waals surface area contributed by atoms with Gasteiger partial charge >= 0.3 is 6.18 Å². The van der Waals surface area contributed by atoms with Crippen LogP contribution in [-0.2, 0) is 12.7 Å². The lowest BCUT2D eigenvalue weighted by molar-refractivity contribution is -0.137.